The van der Waals surface area contributed by atoms with E-state index < -0.39 is 0 Å². The molecular formula is C14H14N2O3. The molecule has 0 spiro atoms. The van der Waals surface area contributed by atoms with Gasteiger partial charge < -0.3 is 9.57 Å². The van der Waals surface area contributed by atoms with E-state index in [1.54, 1.807) is 0 Å². The number of ether oxygens (including phenoxy) is 1. The van der Waals surface area contributed by atoms with Gasteiger partial charge in [0.1, 0.15) is 0 Å². The predicted octanol–water partition coefficient (Wildman–Crippen LogP) is 2.51. The number of carbonyl (C=O) groups is 1. The van der Waals surface area contributed by atoms with Crippen LogP contribution in [-0.4, -0.2) is 19.5 Å². The maximum absolute atomic E-state index is 11.2. The monoisotopic (exact) mass is 258 g/mol. The molecule has 0 bridgehead atoms. The first-order chi connectivity index (χ1) is 9.22. The quantitative estimate of drug-likeness (QED) is 0.374. The molecule has 0 aliphatic rings. The van der Waals surface area contributed by atoms with Crippen LogP contribution in [0.1, 0.15) is 5.56 Å². The Morgan fingerprint density at radius 1 is 1.26 bits per heavy atom. The Labute approximate surface area is 110 Å². The van der Waals surface area contributed by atoms with Gasteiger partial charge >= 0.3 is 5.97 Å². The lowest BCUT2D eigenvalue weighted by atomic mass is 10.0. The summed E-state index contributed by atoms with van der Waals surface area (Å²) >= 11 is 0. The number of fused-ring (bicyclic) bond motifs is 1. The number of anilines is 1. The van der Waals surface area contributed by atoms with Crippen LogP contribution in [0.5, 0.6) is 0 Å². The van der Waals surface area contributed by atoms with Crippen molar-refractivity contribution in [1.29, 1.82) is 5.41 Å². The Hall–Kier alpha value is -2.56. The molecule has 0 heterocycles. The van der Waals surface area contributed by atoms with Crippen molar-refractivity contribution >= 4 is 28.8 Å². The van der Waals surface area contributed by atoms with Gasteiger partial charge in [-0.3, -0.25) is 10.2 Å². The van der Waals surface area contributed by atoms with Crippen LogP contribution in [0.4, 0.5) is 5.69 Å². The van der Waals surface area contributed by atoms with Gasteiger partial charge in [-0.15, -0.1) is 0 Å². The second kappa shape index (κ2) is 5.86. The highest BCUT2D eigenvalue weighted by Gasteiger charge is 2.04. The van der Waals surface area contributed by atoms with Crippen LogP contribution in [0, 0.1) is 5.41 Å². The fourth-order valence-electron chi connectivity index (χ4n) is 1.81. The maximum atomic E-state index is 11.2. The SMILES string of the molecule is COC(=O)Cc1ccc2ccc(NOC=N)cc2c1. The highest BCUT2D eigenvalue weighted by Crippen LogP contribution is 2.21. The Kier molecular flexibility index (Phi) is 3.97. The first kappa shape index (κ1) is 12.9. The minimum Gasteiger partial charge on any atom is -0.469 e. The lowest BCUT2D eigenvalue weighted by Gasteiger charge is -2.06. The van der Waals surface area contributed by atoms with Gasteiger partial charge in [-0.1, -0.05) is 24.3 Å². The van der Waals surface area contributed by atoms with Gasteiger partial charge in [0.05, 0.1) is 19.2 Å². The molecule has 5 heteroatoms. The van der Waals surface area contributed by atoms with Crippen LogP contribution in [-0.2, 0) is 20.8 Å². The molecule has 0 radical (unpaired) electrons. The molecule has 0 fully saturated rings. The van der Waals surface area contributed by atoms with E-state index in [4.69, 9.17) is 10.2 Å². The highest BCUT2D eigenvalue weighted by atomic mass is 16.6. The Morgan fingerprint density at radius 2 is 2.05 bits per heavy atom. The molecule has 98 valence electrons. The van der Waals surface area contributed by atoms with E-state index in [1.165, 1.54) is 7.11 Å². The lowest BCUT2D eigenvalue weighted by molar-refractivity contribution is -0.139. The molecular weight excluding hydrogens is 244 g/mol. The van der Waals surface area contributed by atoms with Crippen LogP contribution in [0.15, 0.2) is 36.4 Å². The van der Waals surface area contributed by atoms with Crippen LogP contribution in [0.2, 0.25) is 0 Å². The Balaban J connectivity index is 2.28. The van der Waals surface area contributed by atoms with Crippen LogP contribution in [0.3, 0.4) is 0 Å². The fourth-order valence-corrected chi connectivity index (χ4v) is 1.81. The van der Waals surface area contributed by atoms with E-state index in [0.29, 0.717) is 0 Å². The van der Waals surface area contributed by atoms with Crippen molar-refractivity contribution in [3.63, 3.8) is 0 Å². The summed E-state index contributed by atoms with van der Waals surface area (Å²) in [7, 11) is 1.38. The van der Waals surface area contributed by atoms with Crippen molar-refractivity contribution in [3.8, 4) is 0 Å². The molecule has 2 aromatic carbocycles. The minimum absolute atomic E-state index is 0.251. The molecule has 0 aliphatic heterocycles. The summed E-state index contributed by atoms with van der Waals surface area (Å²) < 4.78 is 4.65. The average Bonchev–Trinajstić information content (AvgIpc) is 2.44. The van der Waals surface area contributed by atoms with E-state index >= 15 is 0 Å². The highest BCUT2D eigenvalue weighted by molar-refractivity contribution is 5.87. The van der Waals surface area contributed by atoms with Crippen LogP contribution >= 0.6 is 0 Å². The topological polar surface area (TPSA) is 71.4 Å². The number of hydrogen-bond donors (Lipinski definition) is 2. The van der Waals surface area contributed by atoms with E-state index in [1.807, 2.05) is 36.4 Å². The number of nitrogens with one attached hydrogen (secondary N) is 2. The van der Waals surface area contributed by atoms with Crippen molar-refractivity contribution < 1.29 is 14.4 Å². The van der Waals surface area contributed by atoms with Gasteiger partial charge in [-0.05, 0) is 28.5 Å². The summed E-state index contributed by atoms with van der Waals surface area (Å²) in [6.07, 6.45) is 1.07. The smallest absolute Gasteiger partial charge is 0.309 e. The van der Waals surface area contributed by atoms with Crippen molar-refractivity contribution in [1.82, 2.24) is 0 Å². The van der Waals surface area contributed by atoms with Gasteiger partial charge in [0.2, 0.25) is 6.40 Å². The first-order valence-electron chi connectivity index (χ1n) is 5.73. The van der Waals surface area contributed by atoms with Gasteiger partial charge in [0.25, 0.3) is 0 Å². The molecule has 2 N–H and O–H groups in total. The zero-order valence-corrected chi connectivity index (χ0v) is 10.5. The number of esters is 1. The predicted molar refractivity (Wildman–Crippen MR) is 73.2 cm³/mol. The molecule has 0 amide bonds. The second-order valence-corrected chi connectivity index (χ2v) is 3.99. The van der Waals surface area contributed by atoms with Crippen molar-refractivity contribution in [3.05, 3.63) is 42.0 Å². The zero-order valence-electron chi connectivity index (χ0n) is 10.5. The number of benzene rings is 2. The maximum Gasteiger partial charge on any atom is 0.309 e. The summed E-state index contributed by atoms with van der Waals surface area (Å²) in [5, 5.41) is 8.84. The number of rotatable bonds is 5. The van der Waals surface area contributed by atoms with Crippen LogP contribution in [0.25, 0.3) is 10.8 Å². The number of carbonyl (C=O) groups excluding carboxylic acids is 1. The molecule has 0 saturated heterocycles. The van der Waals surface area contributed by atoms with E-state index in [0.717, 1.165) is 28.4 Å². The fraction of sp³-hybridized carbons (Fsp3) is 0.143. The molecule has 0 saturated carbocycles. The van der Waals surface area contributed by atoms with E-state index in [9.17, 15) is 4.79 Å². The van der Waals surface area contributed by atoms with Gasteiger partial charge in [0, 0.05) is 0 Å². The zero-order chi connectivity index (χ0) is 13.7. The van der Waals surface area contributed by atoms with Gasteiger partial charge in [-0.25, -0.2) is 5.48 Å². The molecule has 0 aliphatic carbocycles. The van der Waals surface area contributed by atoms with Crippen LogP contribution < -0.4 is 5.48 Å². The molecule has 0 atom stereocenters. The minimum atomic E-state index is -0.263. The number of hydrogen-bond acceptors (Lipinski definition) is 5. The summed E-state index contributed by atoms with van der Waals surface area (Å²) in [5.41, 5.74) is 4.26. The molecule has 5 nitrogen and oxygen atoms in total. The van der Waals surface area contributed by atoms with Crippen molar-refractivity contribution in [2.24, 2.45) is 0 Å². The van der Waals surface area contributed by atoms with E-state index in [-0.39, 0.29) is 12.4 Å². The molecule has 2 aromatic rings. The van der Waals surface area contributed by atoms with Crippen molar-refractivity contribution in [2.45, 2.75) is 6.42 Å². The van der Waals surface area contributed by atoms with Gasteiger partial charge in [-0.2, -0.15) is 0 Å². The lowest BCUT2D eigenvalue weighted by Crippen LogP contribution is -2.04. The average molecular weight is 258 g/mol. The standard InChI is InChI=1S/C14H14N2O3/c1-18-14(17)7-10-2-3-11-4-5-13(16-19-9-15)8-12(11)6-10/h2-6,8-9,15-16H,7H2,1H3. The summed E-state index contributed by atoms with van der Waals surface area (Å²) in [6, 6.07) is 11.5. The molecule has 0 unspecified atom stereocenters. The summed E-state index contributed by atoms with van der Waals surface area (Å²) in [6.45, 7) is 0. The first-order valence-corrected chi connectivity index (χ1v) is 5.73. The third kappa shape index (κ3) is 3.22. The normalized spacial score (nSPS) is 9.95. The molecule has 2 rings (SSSR count). The number of methoxy groups -OCH3 is 1. The third-order valence-electron chi connectivity index (χ3n) is 2.72. The molecule has 0 aromatic heterocycles. The second-order valence-electron chi connectivity index (χ2n) is 3.99. The third-order valence-corrected chi connectivity index (χ3v) is 2.72. The van der Waals surface area contributed by atoms with E-state index in [2.05, 4.69) is 10.2 Å². The Bertz CT molecular complexity index is 611. The summed E-state index contributed by atoms with van der Waals surface area (Å²) in [4.78, 5) is 15.9. The van der Waals surface area contributed by atoms with Gasteiger partial charge in [0.15, 0.2) is 0 Å². The summed E-state index contributed by atoms with van der Waals surface area (Å²) in [5.74, 6) is -0.263. The van der Waals surface area contributed by atoms with Crippen molar-refractivity contribution in [2.75, 3.05) is 12.6 Å². The molecule has 19 heavy (non-hydrogen) atoms. The Morgan fingerprint density at radius 3 is 2.79 bits per heavy atom. The largest absolute Gasteiger partial charge is 0.469 e.